The first-order chi connectivity index (χ1) is 11.2. The quantitative estimate of drug-likeness (QED) is 0.747. The first kappa shape index (κ1) is 16.3. The molecule has 1 amide bonds. The smallest absolute Gasteiger partial charge is 0.254 e. The van der Waals surface area contributed by atoms with E-state index in [9.17, 15) is 9.59 Å². The summed E-state index contributed by atoms with van der Waals surface area (Å²) in [6.07, 6.45) is 0. The number of amides is 1. The van der Waals surface area contributed by atoms with Crippen LogP contribution in [0.25, 0.3) is 0 Å². The molecule has 23 heavy (non-hydrogen) atoms. The minimum atomic E-state index is -0.118. The summed E-state index contributed by atoms with van der Waals surface area (Å²) in [7, 11) is 0. The lowest BCUT2D eigenvalue weighted by atomic mass is 9.97. The largest absolute Gasteiger partial charge is 0.337 e. The van der Waals surface area contributed by atoms with Crippen LogP contribution in [-0.4, -0.2) is 41.2 Å². The average molecular weight is 390 g/mol. The molecular formula is C18H16BrNO2S. The van der Waals surface area contributed by atoms with Gasteiger partial charge in [-0.1, -0.05) is 34.1 Å². The minimum absolute atomic E-state index is 0.0497. The van der Waals surface area contributed by atoms with Crippen molar-refractivity contribution in [1.29, 1.82) is 0 Å². The molecule has 1 aliphatic heterocycles. The lowest BCUT2D eigenvalue weighted by Crippen LogP contribution is -2.38. The minimum Gasteiger partial charge on any atom is -0.337 e. The molecule has 118 valence electrons. The highest BCUT2D eigenvalue weighted by atomic mass is 79.9. The van der Waals surface area contributed by atoms with Crippen LogP contribution in [0.2, 0.25) is 0 Å². The molecule has 0 aliphatic carbocycles. The van der Waals surface area contributed by atoms with Crippen molar-refractivity contribution < 1.29 is 9.59 Å². The number of ketones is 1. The molecule has 0 spiro atoms. The SMILES string of the molecule is O=C(c1ccc(Br)cc1)c1ccccc1C(=O)N1CCSCC1. The Labute approximate surface area is 148 Å². The number of nitrogens with zero attached hydrogens (tertiary/aromatic N) is 1. The van der Waals surface area contributed by atoms with E-state index in [1.807, 2.05) is 34.9 Å². The molecule has 1 aliphatic rings. The molecule has 1 fully saturated rings. The second-order valence-electron chi connectivity index (χ2n) is 5.29. The van der Waals surface area contributed by atoms with E-state index in [2.05, 4.69) is 15.9 Å². The third kappa shape index (κ3) is 3.67. The van der Waals surface area contributed by atoms with Crippen molar-refractivity contribution in [2.45, 2.75) is 0 Å². The van der Waals surface area contributed by atoms with Gasteiger partial charge in [-0.3, -0.25) is 9.59 Å². The van der Waals surface area contributed by atoms with Crippen LogP contribution in [-0.2, 0) is 0 Å². The molecule has 0 N–H and O–H groups in total. The molecule has 1 heterocycles. The van der Waals surface area contributed by atoms with Gasteiger partial charge in [-0.25, -0.2) is 0 Å². The zero-order valence-corrected chi connectivity index (χ0v) is 14.9. The summed E-state index contributed by atoms with van der Waals surface area (Å²) >= 11 is 5.22. The van der Waals surface area contributed by atoms with Crippen LogP contribution in [0.3, 0.4) is 0 Å². The van der Waals surface area contributed by atoms with E-state index in [0.29, 0.717) is 16.7 Å². The van der Waals surface area contributed by atoms with Crippen molar-refractivity contribution in [3.8, 4) is 0 Å². The Morgan fingerprint density at radius 3 is 2.17 bits per heavy atom. The molecule has 5 heteroatoms. The number of hydrogen-bond donors (Lipinski definition) is 0. The van der Waals surface area contributed by atoms with Gasteiger partial charge in [-0.2, -0.15) is 11.8 Å². The Kier molecular flexibility index (Phi) is 5.18. The highest BCUT2D eigenvalue weighted by Crippen LogP contribution is 2.20. The van der Waals surface area contributed by atoms with Gasteiger partial charge < -0.3 is 4.90 Å². The maximum absolute atomic E-state index is 12.8. The van der Waals surface area contributed by atoms with Crippen LogP contribution >= 0.6 is 27.7 Å². The molecule has 0 saturated carbocycles. The van der Waals surface area contributed by atoms with Crippen molar-refractivity contribution in [1.82, 2.24) is 4.90 Å². The number of rotatable bonds is 3. The Bertz CT molecular complexity index is 724. The highest BCUT2D eigenvalue weighted by molar-refractivity contribution is 9.10. The Morgan fingerprint density at radius 2 is 1.52 bits per heavy atom. The fourth-order valence-corrected chi connectivity index (χ4v) is 3.73. The van der Waals surface area contributed by atoms with E-state index in [0.717, 1.165) is 29.1 Å². The predicted molar refractivity (Wildman–Crippen MR) is 97.2 cm³/mol. The predicted octanol–water partition coefficient (Wildman–Crippen LogP) is 3.87. The lowest BCUT2D eigenvalue weighted by molar-refractivity contribution is 0.0768. The van der Waals surface area contributed by atoms with Gasteiger partial charge in [-0.05, 0) is 30.3 Å². The van der Waals surface area contributed by atoms with Gasteiger partial charge in [0.25, 0.3) is 5.91 Å². The third-order valence-corrected chi connectivity index (χ3v) is 5.28. The standard InChI is InChI=1S/C18H16BrNO2S/c19-14-7-5-13(6-8-14)17(21)15-3-1-2-4-16(15)18(22)20-9-11-23-12-10-20/h1-8H,9-12H2. The fourth-order valence-electron chi connectivity index (χ4n) is 2.56. The first-order valence-corrected chi connectivity index (χ1v) is 9.38. The van der Waals surface area contributed by atoms with E-state index in [4.69, 9.17) is 0 Å². The van der Waals surface area contributed by atoms with Gasteiger partial charge in [0.1, 0.15) is 0 Å². The van der Waals surface area contributed by atoms with Crippen molar-refractivity contribution in [2.75, 3.05) is 24.6 Å². The number of benzene rings is 2. The summed E-state index contributed by atoms with van der Waals surface area (Å²) in [6, 6.07) is 14.3. The summed E-state index contributed by atoms with van der Waals surface area (Å²) in [5.74, 6) is 1.74. The van der Waals surface area contributed by atoms with E-state index in [1.54, 1.807) is 30.3 Å². The number of halogens is 1. The van der Waals surface area contributed by atoms with E-state index in [1.165, 1.54) is 0 Å². The molecule has 2 aromatic carbocycles. The van der Waals surface area contributed by atoms with Crippen molar-refractivity contribution in [3.63, 3.8) is 0 Å². The second-order valence-corrected chi connectivity index (χ2v) is 7.43. The summed E-state index contributed by atoms with van der Waals surface area (Å²) in [4.78, 5) is 27.4. The van der Waals surface area contributed by atoms with Crippen LogP contribution in [0.5, 0.6) is 0 Å². The van der Waals surface area contributed by atoms with E-state index >= 15 is 0 Å². The maximum atomic E-state index is 12.8. The summed E-state index contributed by atoms with van der Waals surface area (Å²) < 4.78 is 0.921. The molecule has 0 unspecified atom stereocenters. The average Bonchev–Trinajstić information content (AvgIpc) is 2.62. The number of carbonyl (C=O) groups excluding carboxylic acids is 2. The number of carbonyl (C=O) groups is 2. The van der Waals surface area contributed by atoms with Crippen LogP contribution in [0.1, 0.15) is 26.3 Å². The van der Waals surface area contributed by atoms with Crippen molar-refractivity contribution in [2.24, 2.45) is 0 Å². The topological polar surface area (TPSA) is 37.4 Å². The van der Waals surface area contributed by atoms with Crippen LogP contribution in [0.4, 0.5) is 0 Å². The second kappa shape index (κ2) is 7.32. The molecule has 1 saturated heterocycles. The van der Waals surface area contributed by atoms with Crippen molar-refractivity contribution in [3.05, 3.63) is 69.7 Å². The summed E-state index contributed by atoms with van der Waals surface area (Å²) in [5.41, 5.74) is 1.55. The molecule has 0 bridgehead atoms. The molecule has 0 aromatic heterocycles. The molecule has 3 rings (SSSR count). The summed E-state index contributed by atoms with van der Waals surface area (Å²) in [6.45, 7) is 1.48. The van der Waals surface area contributed by atoms with Gasteiger partial charge in [0.05, 0.1) is 5.56 Å². The molecule has 2 aromatic rings. The molecular weight excluding hydrogens is 374 g/mol. The van der Waals surface area contributed by atoms with Gasteiger partial charge in [-0.15, -0.1) is 0 Å². The Morgan fingerprint density at radius 1 is 0.913 bits per heavy atom. The number of hydrogen-bond acceptors (Lipinski definition) is 3. The van der Waals surface area contributed by atoms with Crippen LogP contribution in [0, 0.1) is 0 Å². The monoisotopic (exact) mass is 389 g/mol. The van der Waals surface area contributed by atoms with Gasteiger partial charge in [0.2, 0.25) is 0 Å². The highest BCUT2D eigenvalue weighted by Gasteiger charge is 2.23. The molecule has 0 atom stereocenters. The molecule has 0 radical (unpaired) electrons. The fraction of sp³-hybridized carbons (Fsp3) is 0.222. The van der Waals surface area contributed by atoms with Gasteiger partial charge in [0.15, 0.2) is 5.78 Å². The van der Waals surface area contributed by atoms with E-state index < -0.39 is 0 Å². The maximum Gasteiger partial charge on any atom is 0.254 e. The first-order valence-electron chi connectivity index (χ1n) is 7.43. The van der Waals surface area contributed by atoms with Crippen LogP contribution < -0.4 is 0 Å². The van der Waals surface area contributed by atoms with Crippen LogP contribution in [0.15, 0.2) is 53.0 Å². The van der Waals surface area contributed by atoms with E-state index in [-0.39, 0.29) is 11.7 Å². The van der Waals surface area contributed by atoms with Gasteiger partial charge in [0, 0.05) is 40.2 Å². The zero-order valence-electron chi connectivity index (χ0n) is 12.5. The molecule has 3 nitrogen and oxygen atoms in total. The lowest BCUT2D eigenvalue weighted by Gasteiger charge is -2.27. The summed E-state index contributed by atoms with van der Waals surface area (Å²) in [5, 5.41) is 0. The zero-order chi connectivity index (χ0) is 16.2. The van der Waals surface area contributed by atoms with Gasteiger partial charge >= 0.3 is 0 Å². The number of thioether (sulfide) groups is 1. The van der Waals surface area contributed by atoms with Crippen molar-refractivity contribution >= 4 is 39.4 Å². The Balaban J connectivity index is 1.92. The third-order valence-electron chi connectivity index (χ3n) is 3.81. The normalized spacial score (nSPS) is 14.6. The Hall–Kier alpha value is -1.59.